The molecule has 118 valence electrons. The van der Waals surface area contributed by atoms with E-state index in [9.17, 15) is 9.59 Å². The Balaban J connectivity index is 2.96. The number of hydrogen-bond acceptors (Lipinski definition) is 4. The van der Waals surface area contributed by atoms with E-state index in [0.717, 1.165) is 0 Å². The number of rotatable bonds is 5. The van der Waals surface area contributed by atoms with Crippen LogP contribution in [0.3, 0.4) is 0 Å². The quantitative estimate of drug-likeness (QED) is 0.669. The highest BCUT2D eigenvalue weighted by molar-refractivity contribution is 6.05. The molecule has 0 fully saturated rings. The van der Waals surface area contributed by atoms with Gasteiger partial charge in [-0.25, -0.2) is 4.68 Å². The van der Waals surface area contributed by atoms with Crippen LogP contribution in [0.1, 0.15) is 47.6 Å². The van der Waals surface area contributed by atoms with Gasteiger partial charge in [-0.2, -0.15) is 5.10 Å². The standard InChI is InChI=1S/C15H25N3O3/c1-7-21-14(20)12(15(4,5)6)13(19)17-11-8-9-16-18(11)10(2)3/h8-10,12H,7H2,1-6H3,(H,17,19). The third-order valence-electron chi connectivity index (χ3n) is 3.06. The number of ether oxygens (including phenoxy) is 1. The van der Waals surface area contributed by atoms with E-state index in [1.807, 2.05) is 34.6 Å². The molecule has 1 amide bonds. The Morgan fingerprint density at radius 3 is 2.48 bits per heavy atom. The SMILES string of the molecule is CCOC(=O)C(C(=O)Nc1ccnn1C(C)C)C(C)(C)C. The lowest BCUT2D eigenvalue weighted by Gasteiger charge is -2.27. The Morgan fingerprint density at radius 1 is 1.38 bits per heavy atom. The second-order valence-electron chi connectivity index (χ2n) is 6.30. The smallest absolute Gasteiger partial charge is 0.319 e. The molecule has 1 heterocycles. The Hall–Kier alpha value is -1.85. The average molecular weight is 295 g/mol. The van der Waals surface area contributed by atoms with Gasteiger partial charge in [0.25, 0.3) is 0 Å². The van der Waals surface area contributed by atoms with E-state index in [-0.39, 0.29) is 18.6 Å². The number of aromatic nitrogens is 2. The third-order valence-corrected chi connectivity index (χ3v) is 3.06. The van der Waals surface area contributed by atoms with Crippen molar-refractivity contribution in [2.45, 2.75) is 47.6 Å². The van der Waals surface area contributed by atoms with Crippen LogP contribution < -0.4 is 5.32 Å². The lowest BCUT2D eigenvalue weighted by atomic mass is 9.80. The molecule has 0 saturated carbocycles. The van der Waals surface area contributed by atoms with Crippen molar-refractivity contribution in [3.63, 3.8) is 0 Å². The average Bonchev–Trinajstić information content (AvgIpc) is 2.75. The lowest BCUT2D eigenvalue weighted by molar-refractivity contribution is -0.155. The summed E-state index contributed by atoms with van der Waals surface area (Å²) in [4.78, 5) is 24.6. The summed E-state index contributed by atoms with van der Waals surface area (Å²) in [6.07, 6.45) is 1.62. The van der Waals surface area contributed by atoms with Crippen molar-refractivity contribution in [2.75, 3.05) is 11.9 Å². The van der Waals surface area contributed by atoms with Crippen LogP contribution in [0.5, 0.6) is 0 Å². The van der Waals surface area contributed by atoms with Crippen molar-refractivity contribution in [1.82, 2.24) is 9.78 Å². The molecule has 1 atom stereocenters. The molecule has 0 saturated heterocycles. The van der Waals surface area contributed by atoms with Gasteiger partial charge in [-0.15, -0.1) is 0 Å². The van der Waals surface area contributed by atoms with Crippen LogP contribution in [0.2, 0.25) is 0 Å². The summed E-state index contributed by atoms with van der Waals surface area (Å²) < 4.78 is 6.72. The zero-order chi connectivity index (χ0) is 16.2. The zero-order valence-corrected chi connectivity index (χ0v) is 13.6. The van der Waals surface area contributed by atoms with E-state index < -0.39 is 17.3 Å². The summed E-state index contributed by atoms with van der Waals surface area (Å²) in [7, 11) is 0. The van der Waals surface area contributed by atoms with Crippen LogP contribution in [0.15, 0.2) is 12.3 Å². The second kappa shape index (κ2) is 6.74. The summed E-state index contributed by atoms with van der Waals surface area (Å²) >= 11 is 0. The predicted molar refractivity (Wildman–Crippen MR) is 80.8 cm³/mol. The van der Waals surface area contributed by atoms with Gasteiger partial charge in [0.2, 0.25) is 5.91 Å². The van der Waals surface area contributed by atoms with E-state index in [4.69, 9.17) is 4.74 Å². The van der Waals surface area contributed by atoms with E-state index in [0.29, 0.717) is 5.82 Å². The van der Waals surface area contributed by atoms with Crippen molar-refractivity contribution in [3.8, 4) is 0 Å². The predicted octanol–water partition coefficient (Wildman–Crippen LogP) is 2.63. The van der Waals surface area contributed by atoms with Crippen LogP contribution in [-0.2, 0) is 14.3 Å². The van der Waals surface area contributed by atoms with Crippen molar-refractivity contribution < 1.29 is 14.3 Å². The van der Waals surface area contributed by atoms with Gasteiger partial charge < -0.3 is 10.1 Å². The fourth-order valence-electron chi connectivity index (χ4n) is 2.10. The molecule has 0 radical (unpaired) electrons. The Kier molecular flexibility index (Phi) is 5.52. The number of carbonyl (C=O) groups is 2. The monoisotopic (exact) mass is 295 g/mol. The molecule has 1 N–H and O–H groups in total. The van der Waals surface area contributed by atoms with Gasteiger partial charge in [0, 0.05) is 12.1 Å². The maximum atomic E-state index is 12.5. The summed E-state index contributed by atoms with van der Waals surface area (Å²) in [5.74, 6) is -1.16. The molecule has 0 bridgehead atoms. The molecule has 21 heavy (non-hydrogen) atoms. The largest absolute Gasteiger partial charge is 0.465 e. The summed E-state index contributed by atoms with van der Waals surface area (Å²) in [6.45, 7) is 11.4. The highest BCUT2D eigenvalue weighted by Gasteiger charge is 2.39. The molecule has 6 nitrogen and oxygen atoms in total. The fraction of sp³-hybridized carbons (Fsp3) is 0.667. The van der Waals surface area contributed by atoms with E-state index in [2.05, 4.69) is 10.4 Å². The van der Waals surface area contributed by atoms with Crippen LogP contribution in [0.25, 0.3) is 0 Å². The van der Waals surface area contributed by atoms with Crippen LogP contribution >= 0.6 is 0 Å². The van der Waals surface area contributed by atoms with Crippen molar-refractivity contribution in [3.05, 3.63) is 12.3 Å². The first-order valence-corrected chi connectivity index (χ1v) is 7.19. The van der Waals surface area contributed by atoms with E-state index in [1.54, 1.807) is 23.9 Å². The number of amides is 1. The van der Waals surface area contributed by atoms with Crippen molar-refractivity contribution in [1.29, 1.82) is 0 Å². The molecule has 0 aromatic carbocycles. The number of hydrogen-bond donors (Lipinski definition) is 1. The molecule has 6 heteroatoms. The molecular weight excluding hydrogens is 270 g/mol. The molecule has 1 rings (SSSR count). The minimum absolute atomic E-state index is 0.117. The van der Waals surface area contributed by atoms with E-state index >= 15 is 0 Å². The maximum Gasteiger partial charge on any atom is 0.319 e. The van der Waals surface area contributed by atoms with Gasteiger partial charge in [0.15, 0.2) is 0 Å². The Labute approximate surface area is 125 Å². The first-order chi connectivity index (χ1) is 9.68. The molecule has 0 aliphatic heterocycles. The van der Waals surface area contributed by atoms with E-state index in [1.165, 1.54) is 0 Å². The molecule has 1 unspecified atom stereocenters. The van der Waals surface area contributed by atoms with Gasteiger partial charge in [0.1, 0.15) is 11.7 Å². The molecule has 1 aromatic heterocycles. The molecule has 1 aromatic rings. The number of nitrogens with zero attached hydrogens (tertiary/aromatic N) is 2. The summed E-state index contributed by atoms with van der Waals surface area (Å²) in [6, 6.07) is 1.83. The van der Waals surface area contributed by atoms with Gasteiger partial charge in [-0.1, -0.05) is 20.8 Å². The zero-order valence-electron chi connectivity index (χ0n) is 13.6. The minimum atomic E-state index is -0.868. The molecular formula is C15H25N3O3. The highest BCUT2D eigenvalue weighted by atomic mass is 16.5. The van der Waals surface area contributed by atoms with Gasteiger partial charge in [-0.3, -0.25) is 9.59 Å². The third kappa shape index (κ3) is 4.31. The number of anilines is 1. The lowest BCUT2D eigenvalue weighted by Crippen LogP contribution is -2.40. The van der Waals surface area contributed by atoms with Crippen LogP contribution in [0, 0.1) is 11.3 Å². The number of nitrogens with one attached hydrogen (secondary N) is 1. The topological polar surface area (TPSA) is 73.2 Å². The van der Waals surface area contributed by atoms with Crippen molar-refractivity contribution in [2.24, 2.45) is 11.3 Å². The molecule has 0 spiro atoms. The summed E-state index contributed by atoms with van der Waals surface area (Å²) in [5.41, 5.74) is -0.529. The normalized spacial score (nSPS) is 13.1. The fourth-order valence-corrected chi connectivity index (χ4v) is 2.10. The maximum absolute atomic E-state index is 12.5. The highest BCUT2D eigenvalue weighted by Crippen LogP contribution is 2.28. The first-order valence-electron chi connectivity index (χ1n) is 7.19. The Bertz CT molecular complexity index is 501. The second-order valence-corrected chi connectivity index (χ2v) is 6.30. The first kappa shape index (κ1) is 17.2. The number of carbonyl (C=O) groups excluding carboxylic acids is 2. The number of esters is 1. The molecule has 0 aliphatic carbocycles. The molecule has 0 aliphatic rings. The summed E-state index contributed by atoms with van der Waals surface area (Å²) in [5, 5.41) is 6.94. The van der Waals surface area contributed by atoms with Crippen LogP contribution in [-0.4, -0.2) is 28.3 Å². The minimum Gasteiger partial charge on any atom is -0.465 e. The van der Waals surface area contributed by atoms with Crippen LogP contribution in [0.4, 0.5) is 5.82 Å². The Morgan fingerprint density at radius 2 is 2.00 bits per heavy atom. The van der Waals surface area contributed by atoms with Gasteiger partial charge in [0.05, 0.1) is 12.8 Å². The van der Waals surface area contributed by atoms with Gasteiger partial charge >= 0.3 is 5.97 Å². The van der Waals surface area contributed by atoms with Gasteiger partial charge in [-0.05, 0) is 26.2 Å². The van der Waals surface area contributed by atoms with Crippen molar-refractivity contribution >= 4 is 17.7 Å².